The predicted octanol–water partition coefficient (Wildman–Crippen LogP) is 4.53. The highest BCUT2D eigenvalue weighted by Gasteiger charge is 2.16. The molecule has 5 nitrogen and oxygen atoms in total. The Balaban J connectivity index is 1.74. The molecule has 150 valence electrons. The van der Waals surface area contributed by atoms with Crippen molar-refractivity contribution in [3.8, 4) is 5.75 Å². The average molecular weight is 389 g/mol. The Morgan fingerprint density at radius 1 is 1.17 bits per heavy atom. The van der Waals surface area contributed by atoms with Crippen molar-refractivity contribution >= 4 is 12.0 Å². The van der Waals surface area contributed by atoms with Crippen LogP contribution >= 0.6 is 0 Å². The maximum atomic E-state index is 13.2. The molecular weight excluding hydrogens is 362 g/mol. The molecule has 0 unspecified atom stereocenters. The molecule has 1 amide bonds. The molecule has 0 aliphatic carbocycles. The van der Waals surface area contributed by atoms with Gasteiger partial charge in [0.1, 0.15) is 5.75 Å². The van der Waals surface area contributed by atoms with Gasteiger partial charge < -0.3 is 14.2 Å². The van der Waals surface area contributed by atoms with E-state index in [-0.39, 0.29) is 5.91 Å². The second-order valence-corrected chi connectivity index (χ2v) is 7.01. The zero-order valence-electron chi connectivity index (χ0n) is 17.0. The van der Waals surface area contributed by atoms with E-state index in [1.165, 1.54) is 0 Å². The van der Waals surface area contributed by atoms with E-state index < -0.39 is 0 Å². The fourth-order valence-electron chi connectivity index (χ4n) is 3.23. The lowest BCUT2D eigenvalue weighted by Crippen LogP contribution is -2.34. The molecule has 0 aliphatic rings. The second kappa shape index (κ2) is 10.3. The third kappa shape index (κ3) is 6.07. The van der Waals surface area contributed by atoms with Crippen LogP contribution in [0.4, 0.5) is 0 Å². The van der Waals surface area contributed by atoms with E-state index in [1.54, 1.807) is 25.7 Å². The first-order chi connectivity index (χ1) is 14.2. The number of hydrogen-bond donors (Lipinski definition) is 0. The number of carbonyl (C=O) groups is 1. The number of aryl methyl sites for hydroxylation is 1. The maximum absolute atomic E-state index is 13.2. The molecule has 0 atom stereocenters. The lowest BCUT2D eigenvalue weighted by atomic mass is 10.1. The molecule has 3 rings (SSSR count). The van der Waals surface area contributed by atoms with Crippen molar-refractivity contribution in [2.75, 3.05) is 20.2 Å². The fourth-order valence-corrected chi connectivity index (χ4v) is 3.23. The first kappa shape index (κ1) is 20.4. The molecule has 3 aromatic rings. The van der Waals surface area contributed by atoms with Gasteiger partial charge in [-0.2, -0.15) is 0 Å². The first-order valence-electron chi connectivity index (χ1n) is 9.77. The van der Waals surface area contributed by atoms with Crippen LogP contribution in [0.2, 0.25) is 0 Å². The van der Waals surface area contributed by atoms with E-state index in [2.05, 4.69) is 30.1 Å². The molecule has 0 fully saturated rings. The molecule has 1 heterocycles. The molecule has 5 heteroatoms. The molecule has 0 saturated heterocycles. The first-order valence-corrected chi connectivity index (χ1v) is 9.77. The van der Waals surface area contributed by atoms with Gasteiger partial charge in [0, 0.05) is 37.6 Å². The van der Waals surface area contributed by atoms with Crippen LogP contribution in [0.3, 0.4) is 0 Å². The number of nitrogens with zero attached hydrogens (tertiary/aromatic N) is 3. The maximum Gasteiger partial charge on any atom is 0.254 e. The largest absolute Gasteiger partial charge is 0.497 e. The summed E-state index contributed by atoms with van der Waals surface area (Å²) in [5.41, 5.74) is 2.91. The molecule has 0 radical (unpaired) electrons. The zero-order valence-corrected chi connectivity index (χ0v) is 17.0. The quantitative estimate of drug-likeness (QED) is 0.540. The third-order valence-electron chi connectivity index (χ3n) is 4.66. The topological polar surface area (TPSA) is 47.4 Å². The van der Waals surface area contributed by atoms with Gasteiger partial charge in [-0.3, -0.25) is 4.79 Å². The standard InChI is InChI=1S/C24H27N3O2/c1-20(16-21-8-4-3-5-9-21)18-27(14-7-13-26-15-12-25-19-26)24(28)22-10-6-11-23(17-22)29-2/h3-6,8-12,15-17,19H,7,13-14,18H2,1-2H3/b20-16+. The lowest BCUT2D eigenvalue weighted by Gasteiger charge is -2.24. The minimum absolute atomic E-state index is 0.00958. The fraction of sp³-hybridized carbons (Fsp3) is 0.250. The Hall–Kier alpha value is -3.34. The van der Waals surface area contributed by atoms with Gasteiger partial charge in [-0.05, 0) is 37.1 Å². The van der Waals surface area contributed by atoms with Gasteiger partial charge in [-0.25, -0.2) is 4.98 Å². The number of aromatic nitrogens is 2. The van der Waals surface area contributed by atoms with Gasteiger partial charge in [0.15, 0.2) is 0 Å². The van der Waals surface area contributed by atoms with E-state index in [0.29, 0.717) is 24.4 Å². The summed E-state index contributed by atoms with van der Waals surface area (Å²) in [7, 11) is 1.61. The van der Waals surface area contributed by atoms with Crippen LogP contribution in [-0.2, 0) is 6.54 Å². The average Bonchev–Trinajstić information content (AvgIpc) is 3.27. The van der Waals surface area contributed by atoms with Crippen molar-refractivity contribution in [3.63, 3.8) is 0 Å². The highest BCUT2D eigenvalue weighted by atomic mass is 16.5. The van der Waals surface area contributed by atoms with Crippen molar-refractivity contribution in [1.82, 2.24) is 14.5 Å². The van der Waals surface area contributed by atoms with Crippen LogP contribution in [0.25, 0.3) is 6.08 Å². The number of amides is 1. The Kier molecular flexibility index (Phi) is 7.22. The summed E-state index contributed by atoms with van der Waals surface area (Å²) >= 11 is 0. The van der Waals surface area contributed by atoms with Crippen molar-refractivity contribution in [1.29, 1.82) is 0 Å². The monoisotopic (exact) mass is 389 g/mol. The van der Waals surface area contributed by atoms with Crippen LogP contribution in [0.5, 0.6) is 5.75 Å². The number of hydrogen-bond acceptors (Lipinski definition) is 3. The van der Waals surface area contributed by atoms with Crippen molar-refractivity contribution in [3.05, 3.63) is 90.0 Å². The smallest absolute Gasteiger partial charge is 0.254 e. The number of ether oxygens (including phenoxy) is 1. The van der Waals surface area contributed by atoms with Gasteiger partial charge in [0.05, 0.1) is 13.4 Å². The molecule has 0 aliphatic heterocycles. The van der Waals surface area contributed by atoms with E-state index in [0.717, 1.165) is 24.1 Å². The normalized spacial score (nSPS) is 11.3. The minimum atomic E-state index is 0.00958. The summed E-state index contributed by atoms with van der Waals surface area (Å²) in [6.07, 6.45) is 8.49. The predicted molar refractivity (Wildman–Crippen MR) is 116 cm³/mol. The van der Waals surface area contributed by atoms with E-state index in [9.17, 15) is 4.79 Å². The summed E-state index contributed by atoms with van der Waals surface area (Å²) < 4.78 is 7.31. The SMILES string of the molecule is COc1cccc(C(=O)N(CCCn2ccnc2)C/C(C)=C/c2ccccc2)c1. The third-order valence-corrected chi connectivity index (χ3v) is 4.66. The highest BCUT2D eigenvalue weighted by molar-refractivity contribution is 5.94. The van der Waals surface area contributed by atoms with E-state index >= 15 is 0 Å². The Morgan fingerprint density at radius 2 is 2.00 bits per heavy atom. The van der Waals surface area contributed by atoms with Crippen LogP contribution in [0.1, 0.15) is 29.3 Å². The summed E-state index contributed by atoms with van der Waals surface area (Å²) in [5.74, 6) is 0.695. The Morgan fingerprint density at radius 3 is 2.72 bits per heavy atom. The lowest BCUT2D eigenvalue weighted by molar-refractivity contribution is 0.0766. The van der Waals surface area contributed by atoms with Crippen molar-refractivity contribution in [2.24, 2.45) is 0 Å². The van der Waals surface area contributed by atoms with Gasteiger partial charge in [0.2, 0.25) is 0 Å². The number of imidazole rings is 1. The number of carbonyl (C=O) groups excluding carboxylic acids is 1. The van der Waals surface area contributed by atoms with Gasteiger partial charge >= 0.3 is 0 Å². The summed E-state index contributed by atoms with van der Waals surface area (Å²) in [6, 6.07) is 17.5. The molecule has 0 N–H and O–H groups in total. The van der Waals surface area contributed by atoms with Crippen LogP contribution < -0.4 is 4.74 Å². The Bertz CT molecular complexity index is 934. The van der Waals surface area contributed by atoms with Crippen molar-refractivity contribution < 1.29 is 9.53 Å². The van der Waals surface area contributed by atoms with Crippen molar-refractivity contribution in [2.45, 2.75) is 19.9 Å². The molecule has 29 heavy (non-hydrogen) atoms. The zero-order chi connectivity index (χ0) is 20.5. The van der Waals surface area contributed by atoms with Gasteiger partial charge in [0.25, 0.3) is 5.91 Å². The van der Waals surface area contributed by atoms with E-state index in [4.69, 9.17) is 4.74 Å². The van der Waals surface area contributed by atoms with E-state index in [1.807, 2.05) is 52.1 Å². The summed E-state index contributed by atoms with van der Waals surface area (Å²) in [6.45, 7) is 4.13. The van der Waals surface area contributed by atoms with Gasteiger partial charge in [-0.1, -0.05) is 48.0 Å². The second-order valence-electron chi connectivity index (χ2n) is 7.01. The molecule has 0 bridgehead atoms. The van der Waals surface area contributed by atoms with Gasteiger partial charge in [-0.15, -0.1) is 0 Å². The minimum Gasteiger partial charge on any atom is -0.497 e. The highest BCUT2D eigenvalue weighted by Crippen LogP contribution is 2.16. The molecule has 2 aromatic carbocycles. The van der Waals surface area contributed by atoms with Crippen LogP contribution in [0, 0.1) is 0 Å². The number of benzene rings is 2. The number of methoxy groups -OCH3 is 1. The summed E-state index contributed by atoms with van der Waals surface area (Å²) in [4.78, 5) is 19.2. The summed E-state index contributed by atoms with van der Waals surface area (Å²) in [5, 5.41) is 0. The molecular formula is C24H27N3O2. The van der Waals surface area contributed by atoms with Crippen LogP contribution in [-0.4, -0.2) is 40.6 Å². The molecule has 0 saturated carbocycles. The Labute approximate surface area is 172 Å². The van der Waals surface area contributed by atoms with Crippen LogP contribution in [0.15, 0.2) is 78.9 Å². The molecule has 1 aromatic heterocycles. The molecule has 0 spiro atoms. The number of rotatable bonds is 9.